The van der Waals surface area contributed by atoms with Gasteiger partial charge in [0.2, 0.25) is 5.91 Å². The van der Waals surface area contributed by atoms with Gasteiger partial charge >= 0.3 is 0 Å². The van der Waals surface area contributed by atoms with E-state index in [4.69, 9.17) is 11.6 Å². The van der Waals surface area contributed by atoms with Crippen molar-refractivity contribution in [2.24, 2.45) is 0 Å². The van der Waals surface area contributed by atoms with Crippen molar-refractivity contribution in [2.45, 2.75) is 25.8 Å². The summed E-state index contributed by atoms with van der Waals surface area (Å²) in [6.45, 7) is 2.94. The van der Waals surface area contributed by atoms with Crippen LogP contribution in [0.3, 0.4) is 0 Å². The Hall–Kier alpha value is -0.580. The lowest BCUT2D eigenvalue weighted by Crippen LogP contribution is -2.22. The molecule has 1 rings (SSSR count). The fraction of sp³-hybridized carbons (Fsp3) is 0.545. The van der Waals surface area contributed by atoms with E-state index >= 15 is 0 Å². The largest absolute Gasteiger partial charge is 0.359 e. The Balaban J connectivity index is 2.20. The van der Waals surface area contributed by atoms with Gasteiger partial charge in [0.25, 0.3) is 0 Å². The van der Waals surface area contributed by atoms with Crippen molar-refractivity contribution >= 4 is 28.8 Å². The first-order chi connectivity index (χ1) is 7.63. The van der Waals surface area contributed by atoms with E-state index in [0.29, 0.717) is 12.5 Å². The first-order valence-electron chi connectivity index (χ1n) is 5.32. The molecule has 0 saturated heterocycles. The van der Waals surface area contributed by atoms with Crippen LogP contribution in [0.4, 0.5) is 0 Å². The van der Waals surface area contributed by atoms with Gasteiger partial charge < -0.3 is 10.6 Å². The molecule has 5 heteroatoms. The molecular formula is C11H17ClN2OS. The van der Waals surface area contributed by atoms with Crippen LogP contribution < -0.4 is 10.6 Å². The number of carbonyl (C=O) groups excluding carboxylic acids is 1. The van der Waals surface area contributed by atoms with Crippen molar-refractivity contribution in [1.29, 1.82) is 0 Å². The average molecular weight is 261 g/mol. The molecular weight excluding hydrogens is 244 g/mol. The van der Waals surface area contributed by atoms with Gasteiger partial charge in [0, 0.05) is 24.4 Å². The van der Waals surface area contributed by atoms with Gasteiger partial charge in [-0.05, 0) is 32.0 Å². The van der Waals surface area contributed by atoms with E-state index in [1.165, 1.54) is 4.88 Å². The Bertz CT molecular complexity index is 340. The Morgan fingerprint density at radius 1 is 1.56 bits per heavy atom. The number of hydrogen-bond donors (Lipinski definition) is 2. The number of amides is 1. The first kappa shape index (κ1) is 13.5. The highest BCUT2D eigenvalue weighted by atomic mass is 35.5. The van der Waals surface area contributed by atoms with E-state index in [9.17, 15) is 4.79 Å². The fourth-order valence-electron chi connectivity index (χ4n) is 1.35. The van der Waals surface area contributed by atoms with Gasteiger partial charge in [-0.25, -0.2) is 0 Å². The van der Waals surface area contributed by atoms with Gasteiger partial charge in [-0.2, -0.15) is 0 Å². The number of nitrogens with one attached hydrogen (secondary N) is 2. The summed E-state index contributed by atoms with van der Waals surface area (Å²) in [6.07, 6.45) is 1.42. The molecule has 1 amide bonds. The predicted octanol–water partition coefficient (Wildman–Crippen LogP) is 2.58. The van der Waals surface area contributed by atoms with E-state index in [2.05, 4.69) is 17.6 Å². The number of carbonyl (C=O) groups is 1. The van der Waals surface area contributed by atoms with Crippen LogP contribution >= 0.6 is 22.9 Å². The summed E-state index contributed by atoms with van der Waals surface area (Å²) in [6, 6.07) is 4.23. The van der Waals surface area contributed by atoms with E-state index in [0.717, 1.165) is 17.3 Å². The second-order valence-corrected chi connectivity index (χ2v) is 5.34. The molecule has 0 saturated carbocycles. The summed E-state index contributed by atoms with van der Waals surface area (Å²) >= 11 is 7.45. The summed E-state index contributed by atoms with van der Waals surface area (Å²) in [5.74, 6) is 0.0913. The molecule has 1 aromatic heterocycles. The molecule has 0 radical (unpaired) electrons. The van der Waals surface area contributed by atoms with Crippen LogP contribution in [0.2, 0.25) is 4.34 Å². The monoisotopic (exact) mass is 260 g/mol. The van der Waals surface area contributed by atoms with Gasteiger partial charge in [-0.15, -0.1) is 11.3 Å². The van der Waals surface area contributed by atoms with Gasteiger partial charge in [0.1, 0.15) is 0 Å². The number of hydrogen-bond acceptors (Lipinski definition) is 3. The summed E-state index contributed by atoms with van der Waals surface area (Å²) in [5, 5.41) is 5.97. The van der Waals surface area contributed by atoms with Crippen LogP contribution in [0.1, 0.15) is 30.7 Å². The zero-order valence-electron chi connectivity index (χ0n) is 9.55. The van der Waals surface area contributed by atoms with Crippen molar-refractivity contribution in [1.82, 2.24) is 10.6 Å². The third kappa shape index (κ3) is 4.51. The van der Waals surface area contributed by atoms with Crippen LogP contribution in [0.5, 0.6) is 0 Å². The zero-order valence-corrected chi connectivity index (χ0v) is 11.1. The Kier molecular flexibility index (Phi) is 5.80. The summed E-state index contributed by atoms with van der Waals surface area (Å²) < 4.78 is 0.814. The third-order valence-electron chi connectivity index (χ3n) is 2.33. The quantitative estimate of drug-likeness (QED) is 0.772. The maximum absolute atomic E-state index is 11.0. The molecule has 0 aliphatic carbocycles. The molecule has 2 N–H and O–H groups in total. The number of rotatable bonds is 6. The lowest BCUT2D eigenvalue weighted by molar-refractivity contribution is -0.120. The second-order valence-electron chi connectivity index (χ2n) is 3.59. The van der Waals surface area contributed by atoms with Crippen molar-refractivity contribution in [3.05, 3.63) is 21.3 Å². The van der Waals surface area contributed by atoms with Crippen LogP contribution in [-0.2, 0) is 4.79 Å². The average Bonchev–Trinajstić information content (AvgIpc) is 2.70. The van der Waals surface area contributed by atoms with Crippen LogP contribution in [0.25, 0.3) is 0 Å². The molecule has 3 nitrogen and oxygen atoms in total. The smallest absolute Gasteiger partial charge is 0.219 e. The van der Waals surface area contributed by atoms with Crippen molar-refractivity contribution in [2.75, 3.05) is 13.6 Å². The van der Waals surface area contributed by atoms with Gasteiger partial charge in [0.15, 0.2) is 0 Å². The molecule has 16 heavy (non-hydrogen) atoms. The molecule has 0 fully saturated rings. The molecule has 0 bridgehead atoms. The molecule has 0 aromatic carbocycles. The maximum atomic E-state index is 11.0. The molecule has 1 atom stereocenters. The third-order valence-corrected chi connectivity index (χ3v) is 3.74. The highest BCUT2D eigenvalue weighted by molar-refractivity contribution is 7.16. The minimum Gasteiger partial charge on any atom is -0.359 e. The Morgan fingerprint density at radius 3 is 2.88 bits per heavy atom. The number of halogens is 1. The summed E-state index contributed by atoms with van der Waals surface area (Å²) in [4.78, 5) is 12.2. The molecule has 1 aromatic rings. The molecule has 1 heterocycles. The van der Waals surface area contributed by atoms with Crippen molar-refractivity contribution in [3.8, 4) is 0 Å². The van der Waals surface area contributed by atoms with Gasteiger partial charge in [-0.1, -0.05) is 11.6 Å². The standard InChI is InChI=1S/C11H17ClN2OS/c1-8(9-5-6-10(12)16-9)14-7-3-4-11(15)13-2/h5-6,8,14H,3-4,7H2,1-2H3,(H,13,15). The zero-order chi connectivity index (χ0) is 12.0. The van der Waals surface area contributed by atoms with Crippen molar-refractivity contribution < 1.29 is 4.79 Å². The SMILES string of the molecule is CNC(=O)CCCNC(C)c1ccc(Cl)s1. The van der Waals surface area contributed by atoms with E-state index in [-0.39, 0.29) is 5.91 Å². The highest BCUT2D eigenvalue weighted by Crippen LogP contribution is 2.26. The van der Waals surface area contributed by atoms with Crippen LogP contribution in [-0.4, -0.2) is 19.5 Å². The van der Waals surface area contributed by atoms with Crippen LogP contribution in [0, 0.1) is 0 Å². The second kappa shape index (κ2) is 6.89. The minimum atomic E-state index is 0.0913. The highest BCUT2D eigenvalue weighted by Gasteiger charge is 2.07. The number of thiophene rings is 1. The van der Waals surface area contributed by atoms with Gasteiger partial charge in [0.05, 0.1) is 4.34 Å². The Morgan fingerprint density at radius 2 is 2.31 bits per heavy atom. The predicted molar refractivity (Wildman–Crippen MR) is 69.0 cm³/mol. The normalized spacial score (nSPS) is 12.4. The van der Waals surface area contributed by atoms with Crippen LogP contribution in [0.15, 0.2) is 12.1 Å². The molecule has 0 aliphatic heterocycles. The molecule has 0 aliphatic rings. The topological polar surface area (TPSA) is 41.1 Å². The minimum absolute atomic E-state index is 0.0913. The maximum Gasteiger partial charge on any atom is 0.219 e. The molecule has 1 unspecified atom stereocenters. The lowest BCUT2D eigenvalue weighted by atomic mass is 10.2. The first-order valence-corrected chi connectivity index (χ1v) is 6.52. The van der Waals surface area contributed by atoms with E-state index in [1.807, 2.05) is 12.1 Å². The lowest BCUT2D eigenvalue weighted by Gasteiger charge is -2.11. The molecule has 90 valence electrons. The summed E-state index contributed by atoms with van der Waals surface area (Å²) in [7, 11) is 1.66. The summed E-state index contributed by atoms with van der Waals surface area (Å²) in [5.41, 5.74) is 0. The molecule has 0 spiro atoms. The van der Waals surface area contributed by atoms with Crippen molar-refractivity contribution in [3.63, 3.8) is 0 Å². The van der Waals surface area contributed by atoms with E-state index in [1.54, 1.807) is 18.4 Å². The fourth-order valence-corrected chi connectivity index (χ4v) is 2.44. The Labute approximate surface area is 105 Å². The van der Waals surface area contributed by atoms with E-state index < -0.39 is 0 Å². The van der Waals surface area contributed by atoms with Gasteiger partial charge in [-0.3, -0.25) is 4.79 Å².